The fourth-order valence-corrected chi connectivity index (χ4v) is 2.56. The van der Waals surface area contributed by atoms with Gasteiger partial charge in [0.2, 0.25) is 0 Å². The van der Waals surface area contributed by atoms with Gasteiger partial charge < -0.3 is 10.6 Å². The normalized spacial score (nSPS) is 20.3. The van der Waals surface area contributed by atoms with Crippen LogP contribution < -0.4 is 10.6 Å². The number of aliphatic imine (C=N–C) groups is 1. The molecule has 0 bridgehead atoms. The summed E-state index contributed by atoms with van der Waals surface area (Å²) in [6.45, 7) is 3.48. The Kier molecular flexibility index (Phi) is 8.45. The lowest BCUT2D eigenvalue weighted by Gasteiger charge is -2.11. The van der Waals surface area contributed by atoms with Crippen LogP contribution in [0, 0.1) is 11.6 Å². The van der Waals surface area contributed by atoms with Gasteiger partial charge in [0.1, 0.15) is 11.6 Å². The molecule has 0 aliphatic heterocycles. The lowest BCUT2D eigenvalue weighted by Crippen LogP contribution is -2.39. The van der Waals surface area contributed by atoms with Gasteiger partial charge >= 0.3 is 0 Å². The number of hydrogen-bond donors (Lipinski definition) is 2. The third kappa shape index (κ3) is 5.26. The van der Waals surface area contributed by atoms with Gasteiger partial charge in [0.25, 0.3) is 0 Å². The maximum absolute atomic E-state index is 13.7. The largest absolute Gasteiger partial charge is 0.357 e. The van der Waals surface area contributed by atoms with Gasteiger partial charge in [0, 0.05) is 29.8 Å². The van der Waals surface area contributed by atoms with Gasteiger partial charge in [-0.2, -0.15) is 11.8 Å². The molecular formula is C15H22F2IN3S. The van der Waals surface area contributed by atoms with Crippen molar-refractivity contribution in [3.8, 4) is 0 Å². The fourth-order valence-electron chi connectivity index (χ4n) is 2.28. The second kappa shape index (κ2) is 9.54. The smallest absolute Gasteiger partial charge is 0.191 e. The lowest BCUT2D eigenvalue weighted by atomic mass is 10.1. The van der Waals surface area contributed by atoms with Crippen LogP contribution in [0.5, 0.6) is 0 Å². The molecule has 1 aromatic rings. The van der Waals surface area contributed by atoms with Crippen LogP contribution in [-0.2, 0) is 0 Å². The van der Waals surface area contributed by atoms with Crippen molar-refractivity contribution in [3.63, 3.8) is 0 Å². The first-order valence-electron chi connectivity index (χ1n) is 7.15. The first-order chi connectivity index (χ1) is 10.2. The van der Waals surface area contributed by atoms with Crippen molar-refractivity contribution in [1.82, 2.24) is 10.6 Å². The highest BCUT2D eigenvalue weighted by molar-refractivity contribution is 14.0. The van der Waals surface area contributed by atoms with Crippen molar-refractivity contribution in [2.45, 2.75) is 25.3 Å². The van der Waals surface area contributed by atoms with Crippen LogP contribution in [0.15, 0.2) is 23.2 Å². The summed E-state index contributed by atoms with van der Waals surface area (Å²) in [5, 5.41) is 6.41. The van der Waals surface area contributed by atoms with Crippen LogP contribution in [-0.4, -0.2) is 37.1 Å². The molecule has 2 atom stereocenters. The van der Waals surface area contributed by atoms with E-state index in [0.717, 1.165) is 31.2 Å². The maximum Gasteiger partial charge on any atom is 0.191 e. The predicted octanol–water partition coefficient (Wildman–Crippen LogP) is 3.36. The standard InChI is InChI=1S/C15H21F2N3S.HI/c1-3-18-15(19-7-8-21-2)20-13-9-10(13)14-11(16)5-4-6-12(14)17;/h4-6,10,13H,3,7-9H2,1-2H3,(H2,18,19,20);1H. The average Bonchev–Trinajstić information content (AvgIpc) is 3.18. The highest BCUT2D eigenvalue weighted by Gasteiger charge is 2.42. The maximum atomic E-state index is 13.7. The summed E-state index contributed by atoms with van der Waals surface area (Å²) >= 11 is 1.74. The Morgan fingerprint density at radius 1 is 1.36 bits per heavy atom. The van der Waals surface area contributed by atoms with E-state index in [4.69, 9.17) is 0 Å². The SMILES string of the molecule is CCNC(=NCCSC)NC1CC1c1c(F)cccc1F.I. The van der Waals surface area contributed by atoms with Crippen LogP contribution in [0.1, 0.15) is 24.8 Å². The Labute approximate surface area is 151 Å². The zero-order valence-electron chi connectivity index (χ0n) is 12.7. The minimum absolute atomic E-state index is 0. The average molecular weight is 441 g/mol. The Bertz CT molecular complexity index is 493. The minimum Gasteiger partial charge on any atom is -0.357 e. The summed E-state index contributed by atoms with van der Waals surface area (Å²) in [5.74, 6) is 0.626. The molecule has 1 fully saturated rings. The van der Waals surface area contributed by atoms with Gasteiger partial charge in [-0.3, -0.25) is 4.99 Å². The molecule has 1 aliphatic carbocycles. The van der Waals surface area contributed by atoms with E-state index < -0.39 is 11.6 Å². The number of rotatable bonds is 6. The van der Waals surface area contributed by atoms with Crippen molar-refractivity contribution < 1.29 is 8.78 Å². The van der Waals surface area contributed by atoms with E-state index in [1.54, 1.807) is 11.8 Å². The van der Waals surface area contributed by atoms with Gasteiger partial charge in [-0.1, -0.05) is 6.07 Å². The molecule has 1 saturated carbocycles. The third-order valence-corrected chi connectivity index (χ3v) is 3.98. The third-order valence-electron chi connectivity index (χ3n) is 3.39. The molecule has 0 saturated heterocycles. The van der Waals surface area contributed by atoms with Crippen molar-refractivity contribution in [3.05, 3.63) is 35.4 Å². The molecule has 1 aromatic carbocycles. The molecule has 1 aliphatic rings. The predicted molar refractivity (Wildman–Crippen MR) is 100 cm³/mol. The number of nitrogens with one attached hydrogen (secondary N) is 2. The number of guanidine groups is 1. The van der Waals surface area contributed by atoms with E-state index in [9.17, 15) is 8.78 Å². The van der Waals surface area contributed by atoms with Crippen molar-refractivity contribution >= 4 is 41.7 Å². The van der Waals surface area contributed by atoms with Crippen molar-refractivity contribution in [1.29, 1.82) is 0 Å². The molecular weight excluding hydrogens is 419 g/mol. The second-order valence-electron chi connectivity index (χ2n) is 4.98. The number of halogens is 3. The zero-order valence-corrected chi connectivity index (χ0v) is 15.9. The Morgan fingerprint density at radius 3 is 2.64 bits per heavy atom. The van der Waals surface area contributed by atoms with E-state index in [1.807, 2.05) is 13.2 Å². The van der Waals surface area contributed by atoms with E-state index >= 15 is 0 Å². The molecule has 124 valence electrons. The molecule has 2 N–H and O–H groups in total. The van der Waals surface area contributed by atoms with Crippen LogP contribution in [0.3, 0.4) is 0 Å². The van der Waals surface area contributed by atoms with Crippen molar-refractivity contribution in [2.75, 3.05) is 25.1 Å². The molecule has 22 heavy (non-hydrogen) atoms. The molecule has 0 spiro atoms. The van der Waals surface area contributed by atoms with E-state index in [-0.39, 0.29) is 41.5 Å². The summed E-state index contributed by atoms with van der Waals surface area (Å²) in [5.41, 5.74) is 0.190. The van der Waals surface area contributed by atoms with Gasteiger partial charge in [-0.15, -0.1) is 24.0 Å². The van der Waals surface area contributed by atoms with Gasteiger partial charge in [-0.25, -0.2) is 8.78 Å². The van der Waals surface area contributed by atoms with E-state index in [0.29, 0.717) is 0 Å². The van der Waals surface area contributed by atoms with Gasteiger partial charge in [-0.05, 0) is 31.7 Å². The Morgan fingerprint density at radius 2 is 2.05 bits per heavy atom. The molecule has 0 radical (unpaired) electrons. The summed E-state index contributed by atoms with van der Waals surface area (Å²) in [6.07, 6.45) is 2.76. The lowest BCUT2D eigenvalue weighted by molar-refractivity contribution is 0.553. The van der Waals surface area contributed by atoms with Gasteiger partial charge in [0.15, 0.2) is 5.96 Å². The summed E-state index contributed by atoms with van der Waals surface area (Å²) in [6, 6.07) is 4.06. The Hall–Kier alpha value is -0.570. The summed E-state index contributed by atoms with van der Waals surface area (Å²) < 4.78 is 27.5. The molecule has 2 unspecified atom stereocenters. The quantitative estimate of drug-likeness (QED) is 0.308. The summed E-state index contributed by atoms with van der Waals surface area (Å²) in [7, 11) is 0. The van der Waals surface area contributed by atoms with Gasteiger partial charge in [0.05, 0.1) is 6.54 Å². The molecule has 3 nitrogen and oxygen atoms in total. The molecule has 0 heterocycles. The van der Waals surface area contributed by atoms with Crippen molar-refractivity contribution in [2.24, 2.45) is 4.99 Å². The first-order valence-corrected chi connectivity index (χ1v) is 8.54. The number of nitrogens with zero attached hydrogens (tertiary/aromatic N) is 1. The van der Waals surface area contributed by atoms with E-state index in [2.05, 4.69) is 15.6 Å². The monoisotopic (exact) mass is 441 g/mol. The highest BCUT2D eigenvalue weighted by atomic mass is 127. The topological polar surface area (TPSA) is 36.4 Å². The van der Waals surface area contributed by atoms with Crippen LogP contribution in [0.2, 0.25) is 0 Å². The zero-order chi connectivity index (χ0) is 15.2. The highest BCUT2D eigenvalue weighted by Crippen LogP contribution is 2.42. The molecule has 0 amide bonds. The van der Waals surface area contributed by atoms with Crippen LogP contribution in [0.25, 0.3) is 0 Å². The summed E-state index contributed by atoms with van der Waals surface area (Å²) in [4.78, 5) is 4.44. The first kappa shape index (κ1) is 19.5. The van der Waals surface area contributed by atoms with Crippen LogP contribution >= 0.6 is 35.7 Å². The molecule has 2 rings (SSSR count). The molecule has 7 heteroatoms. The van der Waals surface area contributed by atoms with Crippen LogP contribution in [0.4, 0.5) is 8.78 Å². The minimum atomic E-state index is -0.464. The molecule has 0 aromatic heterocycles. The number of benzene rings is 1. The van der Waals surface area contributed by atoms with E-state index in [1.165, 1.54) is 18.2 Å². The number of thioether (sulfide) groups is 1. The second-order valence-corrected chi connectivity index (χ2v) is 5.97. The number of hydrogen-bond acceptors (Lipinski definition) is 2. The Balaban J connectivity index is 0.00000242. The fraction of sp³-hybridized carbons (Fsp3) is 0.533.